The molecule has 1 unspecified atom stereocenters. The highest BCUT2D eigenvalue weighted by Gasteiger charge is 2.35. The van der Waals surface area contributed by atoms with Crippen molar-refractivity contribution in [2.75, 3.05) is 6.61 Å². The first-order valence-corrected chi connectivity index (χ1v) is 10.2. The van der Waals surface area contributed by atoms with E-state index < -0.39 is 5.97 Å². The Kier molecular flexibility index (Phi) is 5.57. The molecule has 1 aromatic carbocycles. The van der Waals surface area contributed by atoms with Gasteiger partial charge >= 0.3 is 5.97 Å². The smallest absolute Gasteiger partial charge is 0.311 e. The standard InChI is InChI=1S/C22H20N2O4S/c1-15-6-8-16(9-7-15)18-13-19(20-5-2-10-27-20)24(23-18)21(25)14-28-22(26)12-17-4-3-11-29-17/h2-11,19H,12-14H2,1H3. The van der Waals surface area contributed by atoms with E-state index in [1.807, 2.05) is 54.8 Å². The Hall–Kier alpha value is -3.19. The molecule has 0 spiro atoms. The molecule has 0 aliphatic carbocycles. The number of carbonyl (C=O) groups excluding carboxylic acids is 2. The van der Waals surface area contributed by atoms with Crippen molar-refractivity contribution in [3.8, 4) is 0 Å². The summed E-state index contributed by atoms with van der Waals surface area (Å²) in [6.07, 6.45) is 2.26. The van der Waals surface area contributed by atoms with Crippen molar-refractivity contribution < 1.29 is 18.7 Å². The fraction of sp³-hybridized carbons (Fsp3) is 0.227. The predicted octanol–water partition coefficient (Wildman–Crippen LogP) is 4.11. The van der Waals surface area contributed by atoms with Gasteiger partial charge in [-0.1, -0.05) is 35.9 Å². The van der Waals surface area contributed by atoms with Gasteiger partial charge in [-0.2, -0.15) is 5.10 Å². The molecule has 0 saturated carbocycles. The number of aryl methyl sites for hydroxylation is 1. The summed E-state index contributed by atoms with van der Waals surface area (Å²) in [6.45, 7) is 1.67. The van der Waals surface area contributed by atoms with Crippen molar-refractivity contribution >= 4 is 28.9 Å². The Morgan fingerprint density at radius 3 is 2.72 bits per heavy atom. The normalized spacial score (nSPS) is 16.0. The number of benzene rings is 1. The molecule has 4 rings (SSSR count). The Bertz CT molecular complexity index is 1010. The van der Waals surface area contributed by atoms with Crippen LogP contribution in [0.3, 0.4) is 0 Å². The zero-order chi connectivity index (χ0) is 20.2. The van der Waals surface area contributed by atoms with Gasteiger partial charge in [0.1, 0.15) is 11.8 Å². The lowest BCUT2D eigenvalue weighted by Gasteiger charge is -2.19. The number of hydrazone groups is 1. The van der Waals surface area contributed by atoms with Crippen LogP contribution >= 0.6 is 11.3 Å². The van der Waals surface area contributed by atoms with Gasteiger partial charge in [-0.15, -0.1) is 11.3 Å². The molecule has 3 aromatic rings. The van der Waals surface area contributed by atoms with E-state index in [0.29, 0.717) is 12.2 Å². The summed E-state index contributed by atoms with van der Waals surface area (Å²) < 4.78 is 10.7. The second-order valence-electron chi connectivity index (χ2n) is 6.80. The average Bonchev–Trinajstić information content (AvgIpc) is 3.47. The van der Waals surface area contributed by atoms with E-state index in [0.717, 1.165) is 21.7 Å². The Morgan fingerprint density at radius 2 is 2.03 bits per heavy atom. The number of rotatable bonds is 6. The van der Waals surface area contributed by atoms with E-state index in [1.54, 1.807) is 12.3 Å². The molecule has 7 heteroatoms. The van der Waals surface area contributed by atoms with Gasteiger partial charge < -0.3 is 9.15 Å². The number of thiophene rings is 1. The largest absolute Gasteiger partial charge is 0.467 e. The van der Waals surface area contributed by atoms with Crippen molar-refractivity contribution in [2.24, 2.45) is 5.10 Å². The van der Waals surface area contributed by atoms with Gasteiger partial charge in [0, 0.05) is 11.3 Å². The average molecular weight is 408 g/mol. The number of ether oxygens (including phenoxy) is 1. The SMILES string of the molecule is Cc1ccc(C2=NN(C(=O)COC(=O)Cc3cccs3)C(c3ccco3)C2)cc1. The van der Waals surface area contributed by atoms with E-state index in [1.165, 1.54) is 16.3 Å². The number of esters is 1. The van der Waals surface area contributed by atoms with Crippen LogP contribution in [-0.2, 0) is 20.7 Å². The monoisotopic (exact) mass is 408 g/mol. The molecular formula is C22H20N2O4S. The summed E-state index contributed by atoms with van der Waals surface area (Å²) >= 11 is 1.48. The van der Waals surface area contributed by atoms with Crippen LogP contribution in [0.2, 0.25) is 0 Å². The van der Waals surface area contributed by atoms with Crippen LogP contribution in [0.25, 0.3) is 0 Å². The highest BCUT2D eigenvalue weighted by molar-refractivity contribution is 7.10. The van der Waals surface area contributed by atoms with E-state index >= 15 is 0 Å². The second-order valence-corrected chi connectivity index (χ2v) is 7.84. The third-order valence-corrected chi connectivity index (χ3v) is 5.55. The summed E-state index contributed by atoms with van der Waals surface area (Å²) in [4.78, 5) is 25.7. The van der Waals surface area contributed by atoms with Crippen molar-refractivity contribution in [3.63, 3.8) is 0 Å². The van der Waals surface area contributed by atoms with Crippen LogP contribution in [0, 0.1) is 6.92 Å². The molecule has 1 amide bonds. The Labute approximate surface area is 172 Å². The molecule has 0 N–H and O–H groups in total. The summed E-state index contributed by atoms with van der Waals surface area (Å²) in [5, 5.41) is 7.79. The maximum absolute atomic E-state index is 12.8. The summed E-state index contributed by atoms with van der Waals surface area (Å²) in [7, 11) is 0. The minimum Gasteiger partial charge on any atom is -0.467 e. The molecule has 0 saturated heterocycles. The minimum absolute atomic E-state index is 0.157. The van der Waals surface area contributed by atoms with Gasteiger partial charge in [0.25, 0.3) is 5.91 Å². The molecule has 148 valence electrons. The molecule has 0 fully saturated rings. The Balaban J connectivity index is 1.47. The van der Waals surface area contributed by atoms with Gasteiger partial charge in [0.05, 0.1) is 18.4 Å². The summed E-state index contributed by atoms with van der Waals surface area (Å²) in [5.74, 6) is -0.167. The van der Waals surface area contributed by atoms with Crippen LogP contribution in [0.15, 0.2) is 69.7 Å². The lowest BCUT2D eigenvalue weighted by molar-refractivity contribution is -0.152. The van der Waals surface area contributed by atoms with Crippen molar-refractivity contribution in [1.29, 1.82) is 0 Å². The molecule has 6 nitrogen and oxygen atoms in total. The van der Waals surface area contributed by atoms with Crippen LogP contribution in [0.1, 0.15) is 34.2 Å². The summed E-state index contributed by atoms with van der Waals surface area (Å²) in [5.41, 5.74) is 2.90. The Morgan fingerprint density at radius 1 is 1.21 bits per heavy atom. The molecular weight excluding hydrogens is 388 g/mol. The molecule has 1 atom stereocenters. The van der Waals surface area contributed by atoms with Crippen LogP contribution < -0.4 is 0 Å². The first kappa shape index (κ1) is 19.1. The molecule has 1 aliphatic rings. The van der Waals surface area contributed by atoms with Gasteiger partial charge in [-0.05, 0) is 36.1 Å². The molecule has 2 aromatic heterocycles. The molecule has 1 aliphatic heterocycles. The van der Waals surface area contributed by atoms with E-state index in [2.05, 4.69) is 5.10 Å². The quantitative estimate of drug-likeness (QED) is 0.576. The summed E-state index contributed by atoms with van der Waals surface area (Å²) in [6, 6.07) is 15.0. The zero-order valence-electron chi connectivity index (χ0n) is 15.9. The minimum atomic E-state index is -0.433. The highest BCUT2D eigenvalue weighted by atomic mass is 32.1. The van der Waals surface area contributed by atoms with Crippen LogP contribution in [0.4, 0.5) is 0 Å². The number of carbonyl (C=O) groups is 2. The maximum atomic E-state index is 12.8. The van der Waals surface area contributed by atoms with Crippen molar-refractivity contribution in [3.05, 3.63) is 81.9 Å². The van der Waals surface area contributed by atoms with Crippen molar-refractivity contribution in [1.82, 2.24) is 5.01 Å². The predicted molar refractivity (Wildman–Crippen MR) is 110 cm³/mol. The first-order valence-electron chi connectivity index (χ1n) is 9.28. The molecule has 3 heterocycles. The number of furan rings is 1. The molecule has 0 radical (unpaired) electrons. The molecule has 0 bridgehead atoms. The topological polar surface area (TPSA) is 72.1 Å². The van der Waals surface area contributed by atoms with Gasteiger partial charge in [-0.25, -0.2) is 5.01 Å². The third kappa shape index (κ3) is 4.46. The third-order valence-electron chi connectivity index (χ3n) is 4.68. The van der Waals surface area contributed by atoms with Crippen LogP contribution in [-0.4, -0.2) is 29.2 Å². The molecule has 29 heavy (non-hydrogen) atoms. The second kappa shape index (κ2) is 8.45. The fourth-order valence-electron chi connectivity index (χ4n) is 3.18. The highest BCUT2D eigenvalue weighted by Crippen LogP contribution is 2.33. The van der Waals surface area contributed by atoms with E-state index in [4.69, 9.17) is 9.15 Å². The van der Waals surface area contributed by atoms with Gasteiger partial charge in [0.2, 0.25) is 0 Å². The maximum Gasteiger partial charge on any atom is 0.311 e. The van der Waals surface area contributed by atoms with Gasteiger partial charge in [-0.3, -0.25) is 9.59 Å². The van der Waals surface area contributed by atoms with E-state index in [9.17, 15) is 9.59 Å². The van der Waals surface area contributed by atoms with Gasteiger partial charge in [0.15, 0.2) is 6.61 Å². The number of hydrogen-bond acceptors (Lipinski definition) is 6. The lowest BCUT2D eigenvalue weighted by atomic mass is 10.0. The zero-order valence-corrected chi connectivity index (χ0v) is 16.7. The number of nitrogens with zero attached hydrogens (tertiary/aromatic N) is 2. The van der Waals surface area contributed by atoms with E-state index in [-0.39, 0.29) is 25.0 Å². The number of amides is 1. The van der Waals surface area contributed by atoms with Crippen molar-refractivity contribution in [2.45, 2.75) is 25.8 Å². The first-order chi connectivity index (χ1) is 14.1. The lowest BCUT2D eigenvalue weighted by Crippen LogP contribution is -2.31. The number of hydrogen-bond donors (Lipinski definition) is 0. The van der Waals surface area contributed by atoms with Crippen LogP contribution in [0.5, 0.6) is 0 Å². The fourth-order valence-corrected chi connectivity index (χ4v) is 3.87.